The first kappa shape index (κ1) is 11.8. The molecular formula is C17H23N. The van der Waals surface area contributed by atoms with Crippen molar-refractivity contribution in [1.29, 1.82) is 0 Å². The zero-order chi connectivity index (χ0) is 12.7. The SMILES string of the molecule is Cc1cc(C)c2[nH]cc(C3CCC(C)CC3)c2c1. The molecule has 3 rings (SSSR count). The van der Waals surface area contributed by atoms with E-state index >= 15 is 0 Å². The molecule has 0 spiro atoms. The molecule has 96 valence electrons. The van der Waals surface area contributed by atoms with E-state index in [1.807, 2.05) is 0 Å². The smallest absolute Gasteiger partial charge is 0.0486 e. The maximum atomic E-state index is 3.49. The number of aromatic amines is 1. The molecule has 1 saturated carbocycles. The molecule has 0 atom stereocenters. The van der Waals surface area contributed by atoms with Gasteiger partial charge < -0.3 is 4.98 Å². The van der Waals surface area contributed by atoms with E-state index in [9.17, 15) is 0 Å². The maximum absolute atomic E-state index is 3.49. The fourth-order valence-electron chi connectivity index (χ4n) is 3.52. The van der Waals surface area contributed by atoms with Crippen LogP contribution in [0.25, 0.3) is 10.9 Å². The molecule has 1 fully saturated rings. The molecule has 1 aliphatic carbocycles. The topological polar surface area (TPSA) is 15.8 Å². The molecule has 0 aliphatic heterocycles. The van der Waals surface area contributed by atoms with Crippen LogP contribution in [0.5, 0.6) is 0 Å². The zero-order valence-electron chi connectivity index (χ0n) is 11.7. The first-order chi connectivity index (χ1) is 8.65. The van der Waals surface area contributed by atoms with Gasteiger partial charge in [0.1, 0.15) is 0 Å². The van der Waals surface area contributed by atoms with Crippen molar-refractivity contribution in [2.24, 2.45) is 5.92 Å². The fraction of sp³-hybridized carbons (Fsp3) is 0.529. The minimum absolute atomic E-state index is 0.774. The number of fused-ring (bicyclic) bond motifs is 1. The maximum Gasteiger partial charge on any atom is 0.0486 e. The van der Waals surface area contributed by atoms with Crippen LogP contribution in [0.2, 0.25) is 0 Å². The van der Waals surface area contributed by atoms with Crippen molar-refractivity contribution in [2.45, 2.75) is 52.4 Å². The van der Waals surface area contributed by atoms with Crippen molar-refractivity contribution in [2.75, 3.05) is 0 Å². The van der Waals surface area contributed by atoms with Gasteiger partial charge in [-0.15, -0.1) is 0 Å². The number of aromatic nitrogens is 1. The number of hydrogen-bond donors (Lipinski definition) is 1. The molecular weight excluding hydrogens is 218 g/mol. The van der Waals surface area contributed by atoms with Crippen molar-refractivity contribution in [3.63, 3.8) is 0 Å². The summed E-state index contributed by atoms with van der Waals surface area (Å²) in [6, 6.07) is 4.62. The molecule has 1 heteroatoms. The summed E-state index contributed by atoms with van der Waals surface area (Å²) in [6.07, 6.45) is 7.77. The van der Waals surface area contributed by atoms with Crippen LogP contribution in [0.4, 0.5) is 0 Å². The van der Waals surface area contributed by atoms with Gasteiger partial charge in [-0.25, -0.2) is 0 Å². The Bertz CT molecular complexity index is 556. The fourth-order valence-corrected chi connectivity index (χ4v) is 3.52. The van der Waals surface area contributed by atoms with Gasteiger partial charge >= 0.3 is 0 Å². The third kappa shape index (κ3) is 1.96. The highest BCUT2D eigenvalue weighted by molar-refractivity contribution is 5.87. The molecule has 0 bridgehead atoms. The Kier molecular flexibility index (Phi) is 2.93. The van der Waals surface area contributed by atoms with Crippen LogP contribution in [0.1, 0.15) is 55.2 Å². The summed E-state index contributed by atoms with van der Waals surface area (Å²) in [5.41, 5.74) is 5.66. The van der Waals surface area contributed by atoms with Gasteiger partial charge in [-0.05, 0) is 55.7 Å². The molecule has 0 amide bonds. The average molecular weight is 241 g/mol. The van der Waals surface area contributed by atoms with Crippen LogP contribution in [0, 0.1) is 19.8 Å². The Morgan fingerprint density at radius 2 is 1.78 bits per heavy atom. The molecule has 1 aromatic carbocycles. The third-order valence-corrected chi connectivity index (χ3v) is 4.62. The molecule has 1 aliphatic rings. The van der Waals surface area contributed by atoms with Crippen LogP contribution in [-0.2, 0) is 0 Å². The lowest BCUT2D eigenvalue weighted by Gasteiger charge is -2.26. The zero-order valence-corrected chi connectivity index (χ0v) is 11.7. The minimum Gasteiger partial charge on any atom is -0.361 e. The van der Waals surface area contributed by atoms with Gasteiger partial charge in [0.2, 0.25) is 0 Å². The predicted octanol–water partition coefficient (Wildman–Crippen LogP) is 5.08. The van der Waals surface area contributed by atoms with Crippen molar-refractivity contribution in [3.8, 4) is 0 Å². The summed E-state index contributed by atoms with van der Waals surface area (Å²) in [6.45, 7) is 6.80. The van der Waals surface area contributed by atoms with Crippen LogP contribution in [0.3, 0.4) is 0 Å². The molecule has 0 unspecified atom stereocenters. The molecule has 2 aromatic rings. The van der Waals surface area contributed by atoms with E-state index in [2.05, 4.69) is 44.1 Å². The van der Waals surface area contributed by atoms with Crippen molar-refractivity contribution >= 4 is 10.9 Å². The number of nitrogens with one attached hydrogen (secondary N) is 1. The van der Waals surface area contributed by atoms with Gasteiger partial charge in [-0.2, -0.15) is 0 Å². The lowest BCUT2D eigenvalue weighted by Crippen LogP contribution is -2.10. The van der Waals surface area contributed by atoms with Gasteiger partial charge in [0.05, 0.1) is 0 Å². The Balaban J connectivity index is 2.02. The molecule has 0 saturated heterocycles. The monoisotopic (exact) mass is 241 g/mol. The van der Waals surface area contributed by atoms with Crippen molar-refractivity contribution in [3.05, 3.63) is 35.0 Å². The summed E-state index contributed by atoms with van der Waals surface area (Å²) < 4.78 is 0. The Labute approximate surface area is 110 Å². The molecule has 1 heterocycles. The minimum atomic E-state index is 0.774. The van der Waals surface area contributed by atoms with E-state index in [-0.39, 0.29) is 0 Å². The summed E-state index contributed by atoms with van der Waals surface area (Å²) >= 11 is 0. The van der Waals surface area contributed by atoms with E-state index in [1.165, 1.54) is 47.7 Å². The van der Waals surface area contributed by atoms with Crippen LogP contribution in [-0.4, -0.2) is 4.98 Å². The van der Waals surface area contributed by atoms with E-state index < -0.39 is 0 Å². The van der Waals surface area contributed by atoms with Crippen LogP contribution >= 0.6 is 0 Å². The molecule has 1 aromatic heterocycles. The van der Waals surface area contributed by atoms with Gasteiger partial charge in [0.15, 0.2) is 0 Å². The van der Waals surface area contributed by atoms with Gasteiger partial charge in [0, 0.05) is 17.1 Å². The van der Waals surface area contributed by atoms with Gasteiger partial charge in [0.25, 0.3) is 0 Å². The summed E-state index contributed by atoms with van der Waals surface area (Å²) in [5.74, 6) is 1.70. The normalized spacial score (nSPS) is 24.6. The first-order valence-electron chi connectivity index (χ1n) is 7.23. The predicted molar refractivity (Wildman–Crippen MR) is 78.1 cm³/mol. The summed E-state index contributed by atoms with van der Waals surface area (Å²) in [4.78, 5) is 3.49. The molecule has 0 radical (unpaired) electrons. The van der Waals surface area contributed by atoms with E-state index in [1.54, 1.807) is 5.56 Å². The second-order valence-electron chi connectivity index (χ2n) is 6.21. The number of H-pyrrole nitrogens is 1. The van der Waals surface area contributed by atoms with Gasteiger partial charge in [-0.1, -0.05) is 31.4 Å². The number of benzene rings is 1. The van der Waals surface area contributed by atoms with Crippen molar-refractivity contribution < 1.29 is 0 Å². The molecule has 1 nitrogen and oxygen atoms in total. The van der Waals surface area contributed by atoms with Crippen LogP contribution in [0.15, 0.2) is 18.3 Å². The van der Waals surface area contributed by atoms with E-state index in [4.69, 9.17) is 0 Å². The summed E-state index contributed by atoms with van der Waals surface area (Å²) in [5, 5.41) is 1.46. The highest BCUT2D eigenvalue weighted by atomic mass is 14.7. The lowest BCUT2D eigenvalue weighted by atomic mass is 9.79. The second-order valence-corrected chi connectivity index (χ2v) is 6.21. The Morgan fingerprint density at radius 1 is 1.06 bits per heavy atom. The summed E-state index contributed by atoms with van der Waals surface area (Å²) in [7, 11) is 0. The molecule has 18 heavy (non-hydrogen) atoms. The highest BCUT2D eigenvalue weighted by Crippen LogP contribution is 2.39. The Morgan fingerprint density at radius 3 is 2.50 bits per heavy atom. The van der Waals surface area contributed by atoms with E-state index in [0.717, 1.165) is 11.8 Å². The van der Waals surface area contributed by atoms with E-state index in [0.29, 0.717) is 0 Å². The molecule has 1 N–H and O–H groups in total. The first-order valence-corrected chi connectivity index (χ1v) is 7.23. The Hall–Kier alpha value is -1.24. The quantitative estimate of drug-likeness (QED) is 0.716. The third-order valence-electron chi connectivity index (χ3n) is 4.62. The standard InChI is InChI=1S/C17H23N/c1-11-4-6-14(7-5-11)16-10-18-17-13(3)8-12(2)9-15(16)17/h8-11,14,18H,4-7H2,1-3H3. The number of aryl methyl sites for hydroxylation is 2. The lowest BCUT2D eigenvalue weighted by molar-refractivity contribution is 0.349. The van der Waals surface area contributed by atoms with Gasteiger partial charge in [-0.3, -0.25) is 0 Å². The highest BCUT2D eigenvalue weighted by Gasteiger charge is 2.22. The average Bonchev–Trinajstić information content (AvgIpc) is 2.74. The largest absolute Gasteiger partial charge is 0.361 e. The second kappa shape index (κ2) is 4.46. The van der Waals surface area contributed by atoms with Crippen molar-refractivity contribution in [1.82, 2.24) is 4.98 Å². The number of rotatable bonds is 1. The number of hydrogen-bond acceptors (Lipinski definition) is 0. The van der Waals surface area contributed by atoms with Crippen LogP contribution < -0.4 is 0 Å².